The number of amides is 1. The molecule has 0 N–H and O–H groups in total. The minimum Gasteiger partial charge on any atom is -0.338 e. The maximum atomic E-state index is 12.1. The number of aromatic nitrogens is 4. The van der Waals surface area contributed by atoms with Crippen molar-refractivity contribution >= 4 is 45.5 Å². The summed E-state index contributed by atoms with van der Waals surface area (Å²) in [5.74, 6) is 1.79. The van der Waals surface area contributed by atoms with Crippen molar-refractivity contribution in [2.45, 2.75) is 42.3 Å². The lowest BCUT2D eigenvalue weighted by atomic mass is 10.4. The predicted octanol–water partition coefficient (Wildman–Crippen LogP) is 3.85. The summed E-state index contributed by atoms with van der Waals surface area (Å²) in [6, 6.07) is 4.21. The van der Waals surface area contributed by atoms with Gasteiger partial charge in [-0.05, 0) is 24.3 Å². The van der Waals surface area contributed by atoms with Crippen LogP contribution in [0.3, 0.4) is 0 Å². The van der Waals surface area contributed by atoms with E-state index in [0.717, 1.165) is 22.1 Å². The number of carbonyl (C=O) groups is 1. The van der Waals surface area contributed by atoms with Crippen molar-refractivity contribution in [1.29, 1.82) is 0 Å². The van der Waals surface area contributed by atoms with E-state index in [1.165, 1.54) is 23.1 Å². The average molecular weight is 394 g/mol. The third-order valence-corrected chi connectivity index (χ3v) is 6.52. The first-order chi connectivity index (χ1) is 12.2. The fourth-order valence-corrected chi connectivity index (χ4v) is 4.69. The van der Waals surface area contributed by atoms with Crippen molar-refractivity contribution in [3.8, 4) is 10.7 Å². The highest BCUT2D eigenvalue weighted by molar-refractivity contribution is 8.00. The lowest BCUT2D eigenvalue weighted by Crippen LogP contribution is -2.32. The van der Waals surface area contributed by atoms with Crippen molar-refractivity contribution < 1.29 is 9.32 Å². The highest BCUT2D eigenvalue weighted by atomic mass is 32.2. The molecule has 1 aliphatic rings. The number of hydrogen-bond acceptors (Lipinski definition) is 9. The summed E-state index contributed by atoms with van der Waals surface area (Å²) in [6.07, 6.45) is 2.56. The molecule has 1 aliphatic carbocycles. The largest absolute Gasteiger partial charge is 0.338 e. The first kappa shape index (κ1) is 16.7. The lowest BCUT2D eigenvalue weighted by Gasteiger charge is -2.17. The summed E-state index contributed by atoms with van der Waals surface area (Å²) in [4.78, 5) is 19.3. The Morgan fingerprint density at radius 1 is 1.44 bits per heavy atom. The van der Waals surface area contributed by atoms with Gasteiger partial charge in [0.1, 0.15) is 0 Å². The summed E-state index contributed by atoms with van der Waals surface area (Å²) < 4.78 is 6.08. The third kappa shape index (κ3) is 3.75. The van der Waals surface area contributed by atoms with E-state index in [0.29, 0.717) is 35.1 Å². The van der Waals surface area contributed by atoms with E-state index in [2.05, 4.69) is 20.3 Å². The molecule has 7 nitrogen and oxygen atoms in total. The maximum absolute atomic E-state index is 12.1. The second kappa shape index (κ2) is 7.22. The molecule has 3 heterocycles. The Morgan fingerprint density at radius 2 is 2.32 bits per heavy atom. The molecular formula is C15H15N5O2S3. The molecule has 0 radical (unpaired) electrons. The van der Waals surface area contributed by atoms with Gasteiger partial charge in [0.05, 0.1) is 10.6 Å². The summed E-state index contributed by atoms with van der Waals surface area (Å²) in [5, 5.41) is 15.0. The number of hydrogen-bond donors (Lipinski definition) is 0. The maximum Gasteiger partial charge on any atom is 0.237 e. The Labute approximate surface area is 156 Å². The van der Waals surface area contributed by atoms with Crippen LogP contribution in [0.2, 0.25) is 0 Å². The first-order valence-electron chi connectivity index (χ1n) is 7.89. The van der Waals surface area contributed by atoms with E-state index in [4.69, 9.17) is 4.52 Å². The highest BCUT2D eigenvalue weighted by Gasteiger charge is 2.35. The van der Waals surface area contributed by atoms with Gasteiger partial charge in [-0.15, -0.1) is 21.5 Å². The minimum absolute atomic E-state index is 0.104. The number of carbonyl (C=O) groups excluding carboxylic acids is 1. The van der Waals surface area contributed by atoms with Crippen molar-refractivity contribution in [1.82, 2.24) is 20.3 Å². The smallest absolute Gasteiger partial charge is 0.237 e. The van der Waals surface area contributed by atoms with E-state index in [9.17, 15) is 4.79 Å². The van der Waals surface area contributed by atoms with Gasteiger partial charge in [0, 0.05) is 12.5 Å². The van der Waals surface area contributed by atoms with Crippen LogP contribution in [-0.2, 0) is 10.5 Å². The van der Waals surface area contributed by atoms with Gasteiger partial charge in [-0.2, -0.15) is 4.98 Å². The predicted molar refractivity (Wildman–Crippen MR) is 97.9 cm³/mol. The molecule has 1 saturated carbocycles. The van der Waals surface area contributed by atoms with Crippen LogP contribution in [-0.4, -0.2) is 32.3 Å². The first-order valence-corrected chi connectivity index (χ1v) is 10.6. The Hall–Kier alpha value is -1.78. The molecule has 0 spiro atoms. The zero-order valence-corrected chi connectivity index (χ0v) is 15.9. The topological polar surface area (TPSA) is 85.0 Å². The van der Waals surface area contributed by atoms with Crippen LogP contribution in [0, 0.1) is 0 Å². The van der Waals surface area contributed by atoms with E-state index < -0.39 is 0 Å². The number of nitrogens with zero attached hydrogens (tertiary/aromatic N) is 5. The van der Waals surface area contributed by atoms with Crippen LogP contribution >= 0.6 is 34.4 Å². The molecule has 130 valence electrons. The van der Waals surface area contributed by atoms with Crippen molar-refractivity contribution in [2.24, 2.45) is 0 Å². The van der Waals surface area contributed by atoms with Gasteiger partial charge < -0.3 is 4.52 Å². The molecule has 0 bridgehead atoms. The van der Waals surface area contributed by atoms with Gasteiger partial charge in [-0.25, -0.2) is 0 Å². The molecular weight excluding hydrogens is 378 g/mol. The average Bonchev–Trinajstić information content (AvgIpc) is 3.06. The summed E-state index contributed by atoms with van der Waals surface area (Å²) >= 11 is 4.50. The van der Waals surface area contributed by atoms with Crippen LogP contribution in [0.5, 0.6) is 0 Å². The molecule has 3 aromatic rings. The minimum atomic E-state index is 0.104. The molecule has 1 amide bonds. The Bertz CT molecular complexity index is 856. The number of anilines is 1. The van der Waals surface area contributed by atoms with Gasteiger partial charge in [-0.3, -0.25) is 9.69 Å². The van der Waals surface area contributed by atoms with Crippen LogP contribution in [0.1, 0.15) is 32.1 Å². The summed E-state index contributed by atoms with van der Waals surface area (Å²) in [7, 11) is 0. The van der Waals surface area contributed by atoms with Gasteiger partial charge in [-0.1, -0.05) is 41.2 Å². The molecule has 0 saturated heterocycles. The Kier molecular flexibility index (Phi) is 4.82. The van der Waals surface area contributed by atoms with Crippen molar-refractivity contribution in [3.05, 3.63) is 23.4 Å². The van der Waals surface area contributed by atoms with Crippen LogP contribution in [0.15, 0.2) is 26.4 Å². The Balaban J connectivity index is 1.40. The summed E-state index contributed by atoms with van der Waals surface area (Å²) in [6.45, 7) is 1.87. The molecule has 0 atom stereocenters. The number of thioether (sulfide) groups is 1. The monoisotopic (exact) mass is 393 g/mol. The normalized spacial score (nSPS) is 14.0. The zero-order chi connectivity index (χ0) is 17.2. The molecule has 1 fully saturated rings. The molecule has 25 heavy (non-hydrogen) atoms. The quantitative estimate of drug-likeness (QED) is 0.445. The van der Waals surface area contributed by atoms with Crippen LogP contribution in [0.25, 0.3) is 10.7 Å². The van der Waals surface area contributed by atoms with E-state index in [1.807, 2.05) is 24.4 Å². The molecule has 4 rings (SSSR count). The van der Waals surface area contributed by atoms with Gasteiger partial charge >= 0.3 is 0 Å². The second-order valence-corrected chi connectivity index (χ2v) is 8.60. The highest BCUT2D eigenvalue weighted by Crippen LogP contribution is 2.36. The third-order valence-electron chi connectivity index (χ3n) is 3.61. The number of thiophene rings is 1. The van der Waals surface area contributed by atoms with Gasteiger partial charge in [0.2, 0.25) is 22.8 Å². The van der Waals surface area contributed by atoms with Crippen LogP contribution < -0.4 is 4.90 Å². The molecule has 0 unspecified atom stereocenters. The lowest BCUT2D eigenvalue weighted by molar-refractivity contribution is -0.118. The molecule has 3 aromatic heterocycles. The molecule has 10 heteroatoms. The van der Waals surface area contributed by atoms with E-state index in [1.54, 1.807) is 16.2 Å². The fraction of sp³-hybridized carbons (Fsp3) is 0.400. The van der Waals surface area contributed by atoms with E-state index >= 15 is 0 Å². The van der Waals surface area contributed by atoms with Gasteiger partial charge in [0.15, 0.2) is 4.34 Å². The number of rotatable bonds is 7. The fourth-order valence-electron chi connectivity index (χ4n) is 2.27. The zero-order valence-electron chi connectivity index (χ0n) is 13.4. The van der Waals surface area contributed by atoms with E-state index in [-0.39, 0.29) is 5.91 Å². The van der Waals surface area contributed by atoms with Crippen molar-refractivity contribution in [2.75, 3.05) is 4.90 Å². The van der Waals surface area contributed by atoms with Crippen molar-refractivity contribution in [3.63, 3.8) is 0 Å². The van der Waals surface area contributed by atoms with Gasteiger partial charge in [0.25, 0.3) is 0 Å². The summed E-state index contributed by atoms with van der Waals surface area (Å²) in [5.41, 5.74) is 0. The SMILES string of the molecule is CCC(=O)N(c1nnc(SCc2nc(-c3cccs3)no2)s1)C1CC1. The van der Waals surface area contributed by atoms with Crippen LogP contribution in [0.4, 0.5) is 5.13 Å². The molecule has 0 aromatic carbocycles. The standard InChI is InChI=1S/C15H15N5O2S3/c1-2-12(21)20(9-5-6-9)14-17-18-15(25-14)24-8-11-16-13(19-22-11)10-4-3-7-23-10/h3-4,7,9H,2,5-6,8H2,1H3. The second-order valence-electron chi connectivity index (χ2n) is 5.48. The Morgan fingerprint density at radius 3 is 3.04 bits per heavy atom. The molecule has 0 aliphatic heterocycles.